The summed E-state index contributed by atoms with van der Waals surface area (Å²) in [6, 6.07) is 3.21. The molecule has 20 heavy (non-hydrogen) atoms. The van der Waals surface area contributed by atoms with Gasteiger partial charge in [0.25, 0.3) is 9.05 Å². The van der Waals surface area contributed by atoms with Crippen molar-refractivity contribution < 1.29 is 17.6 Å². The maximum absolute atomic E-state index is 13.8. The highest BCUT2D eigenvalue weighted by atomic mass is 35.7. The summed E-state index contributed by atoms with van der Waals surface area (Å²) in [5.41, 5.74) is -0.0101. The highest BCUT2D eigenvalue weighted by Crippen LogP contribution is 2.57. The largest absolute Gasteiger partial charge is 0.323 e. The van der Waals surface area contributed by atoms with E-state index in [1.54, 1.807) is 0 Å². The predicted octanol–water partition coefficient (Wildman–Crippen LogP) is 2.74. The van der Waals surface area contributed by atoms with Crippen molar-refractivity contribution in [2.75, 3.05) is 5.32 Å². The molecule has 0 aromatic heterocycles. The van der Waals surface area contributed by atoms with Crippen LogP contribution >= 0.6 is 10.7 Å². The Bertz CT molecular complexity index is 666. The number of fused-ring (bicyclic) bond motifs is 1. The van der Waals surface area contributed by atoms with Crippen LogP contribution in [-0.2, 0) is 13.8 Å². The van der Waals surface area contributed by atoms with Gasteiger partial charge < -0.3 is 5.32 Å². The molecule has 0 aliphatic heterocycles. The van der Waals surface area contributed by atoms with Gasteiger partial charge in [-0.15, -0.1) is 0 Å². The fourth-order valence-electron chi connectivity index (χ4n) is 3.18. The second kappa shape index (κ2) is 4.70. The fourth-order valence-corrected chi connectivity index (χ4v) is 3.94. The van der Waals surface area contributed by atoms with Gasteiger partial charge in [-0.05, 0) is 42.9 Å². The van der Waals surface area contributed by atoms with E-state index < -0.39 is 14.9 Å². The summed E-state index contributed by atoms with van der Waals surface area (Å²) in [4.78, 5) is 11.7. The minimum absolute atomic E-state index is 0.0101. The van der Waals surface area contributed by atoms with Crippen molar-refractivity contribution >= 4 is 31.3 Å². The Morgan fingerprint density at radius 1 is 1.30 bits per heavy atom. The van der Waals surface area contributed by atoms with Crippen LogP contribution in [0.5, 0.6) is 0 Å². The van der Waals surface area contributed by atoms with Crippen molar-refractivity contribution in [3.05, 3.63) is 24.0 Å². The molecule has 0 spiro atoms. The van der Waals surface area contributed by atoms with E-state index in [1.165, 1.54) is 12.1 Å². The van der Waals surface area contributed by atoms with Crippen molar-refractivity contribution in [3.8, 4) is 0 Å². The van der Waals surface area contributed by atoms with Gasteiger partial charge in [0.2, 0.25) is 5.91 Å². The lowest BCUT2D eigenvalue weighted by Crippen LogP contribution is -2.17. The van der Waals surface area contributed by atoms with Gasteiger partial charge in [0.05, 0.1) is 10.6 Å². The lowest BCUT2D eigenvalue weighted by molar-refractivity contribution is -0.118. The summed E-state index contributed by atoms with van der Waals surface area (Å²) in [7, 11) is 1.16. The quantitative estimate of drug-likeness (QED) is 0.872. The Balaban J connectivity index is 1.73. The van der Waals surface area contributed by atoms with Gasteiger partial charge >= 0.3 is 0 Å². The van der Waals surface area contributed by atoms with E-state index in [-0.39, 0.29) is 22.4 Å². The summed E-state index contributed by atoms with van der Waals surface area (Å²) in [6.45, 7) is 0. The molecule has 0 saturated heterocycles. The zero-order valence-corrected chi connectivity index (χ0v) is 12.0. The van der Waals surface area contributed by atoms with E-state index in [0.717, 1.165) is 25.3 Å². The van der Waals surface area contributed by atoms with E-state index in [0.29, 0.717) is 11.8 Å². The zero-order valence-electron chi connectivity index (χ0n) is 10.5. The number of nitrogens with one attached hydrogen (secondary N) is 1. The molecule has 4 nitrogen and oxygen atoms in total. The van der Waals surface area contributed by atoms with Crippen LogP contribution in [0.4, 0.5) is 10.1 Å². The van der Waals surface area contributed by atoms with E-state index >= 15 is 0 Å². The SMILES string of the molecule is O=C(Nc1ccc(S(=O)(=O)Cl)cc1F)C1C2CCCC21. The Morgan fingerprint density at radius 3 is 2.50 bits per heavy atom. The third-order valence-electron chi connectivity index (χ3n) is 4.19. The minimum atomic E-state index is -3.97. The molecular weight excluding hydrogens is 305 g/mol. The normalized spacial score (nSPS) is 28.0. The molecule has 2 saturated carbocycles. The molecule has 2 fully saturated rings. The summed E-state index contributed by atoms with van der Waals surface area (Å²) in [5.74, 6) is -0.105. The molecule has 108 valence electrons. The molecule has 0 bridgehead atoms. The van der Waals surface area contributed by atoms with Crippen LogP contribution in [0.3, 0.4) is 0 Å². The second-order valence-corrected chi connectivity index (χ2v) is 7.92. The van der Waals surface area contributed by atoms with Gasteiger partial charge in [-0.2, -0.15) is 0 Å². The summed E-state index contributed by atoms with van der Waals surface area (Å²) >= 11 is 0. The number of carbonyl (C=O) groups excluding carboxylic acids is 1. The predicted molar refractivity (Wildman–Crippen MR) is 72.4 cm³/mol. The van der Waals surface area contributed by atoms with E-state index in [2.05, 4.69) is 5.32 Å². The summed E-state index contributed by atoms with van der Waals surface area (Å²) in [5, 5.41) is 2.53. The number of halogens is 2. The Morgan fingerprint density at radius 2 is 1.95 bits per heavy atom. The molecule has 1 N–H and O–H groups in total. The van der Waals surface area contributed by atoms with Crippen molar-refractivity contribution in [2.24, 2.45) is 17.8 Å². The lowest BCUT2D eigenvalue weighted by atomic mass is 10.1. The first-order valence-corrected chi connectivity index (χ1v) is 8.74. The molecule has 2 aliphatic rings. The van der Waals surface area contributed by atoms with Crippen LogP contribution in [0.15, 0.2) is 23.1 Å². The minimum Gasteiger partial charge on any atom is -0.323 e. The van der Waals surface area contributed by atoms with Crippen molar-refractivity contribution in [1.82, 2.24) is 0 Å². The topological polar surface area (TPSA) is 63.2 Å². The molecular formula is C13H13ClFNO3S. The van der Waals surface area contributed by atoms with E-state index in [9.17, 15) is 17.6 Å². The maximum atomic E-state index is 13.8. The Hall–Kier alpha value is -1.14. The van der Waals surface area contributed by atoms with Gasteiger partial charge in [-0.1, -0.05) is 6.42 Å². The first kappa shape index (κ1) is 13.8. The van der Waals surface area contributed by atoms with Crippen LogP contribution in [0.2, 0.25) is 0 Å². The highest BCUT2D eigenvalue weighted by molar-refractivity contribution is 8.13. The third kappa shape index (κ3) is 2.42. The Labute approximate surface area is 120 Å². The second-order valence-electron chi connectivity index (χ2n) is 5.35. The fraction of sp³-hybridized carbons (Fsp3) is 0.462. The first-order valence-electron chi connectivity index (χ1n) is 6.43. The van der Waals surface area contributed by atoms with Crippen LogP contribution < -0.4 is 5.32 Å². The smallest absolute Gasteiger partial charge is 0.261 e. The molecule has 2 unspecified atom stereocenters. The van der Waals surface area contributed by atoms with Crippen molar-refractivity contribution in [3.63, 3.8) is 0 Å². The number of benzene rings is 1. The maximum Gasteiger partial charge on any atom is 0.261 e. The first-order chi connectivity index (χ1) is 9.38. The summed E-state index contributed by atoms with van der Waals surface area (Å²) < 4.78 is 35.9. The molecule has 1 aromatic carbocycles. The number of hydrogen-bond donors (Lipinski definition) is 1. The Kier molecular flexibility index (Phi) is 3.25. The third-order valence-corrected chi connectivity index (χ3v) is 5.54. The van der Waals surface area contributed by atoms with E-state index in [1.807, 2.05) is 0 Å². The van der Waals surface area contributed by atoms with Crippen molar-refractivity contribution in [1.29, 1.82) is 0 Å². The molecule has 0 heterocycles. The molecule has 2 aliphatic carbocycles. The van der Waals surface area contributed by atoms with Crippen LogP contribution in [-0.4, -0.2) is 14.3 Å². The average Bonchev–Trinajstić information content (AvgIpc) is 2.84. The molecule has 0 radical (unpaired) electrons. The van der Waals surface area contributed by atoms with Gasteiger partial charge in [-0.3, -0.25) is 4.79 Å². The number of anilines is 1. The van der Waals surface area contributed by atoms with Crippen molar-refractivity contribution in [2.45, 2.75) is 24.2 Å². The average molecular weight is 318 g/mol. The van der Waals surface area contributed by atoms with Crippen LogP contribution in [0, 0.1) is 23.6 Å². The van der Waals surface area contributed by atoms with Gasteiger partial charge in [0, 0.05) is 16.6 Å². The number of amides is 1. The monoisotopic (exact) mass is 317 g/mol. The van der Waals surface area contributed by atoms with Gasteiger partial charge in [0.1, 0.15) is 5.82 Å². The standard InChI is InChI=1S/C13H13ClFNO3S/c14-20(18,19)7-4-5-11(10(15)6-7)16-13(17)12-8-2-1-3-9(8)12/h4-6,8-9,12H,1-3H2,(H,16,17). The molecule has 2 atom stereocenters. The van der Waals surface area contributed by atoms with Crippen LogP contribution in [0.1, 0.15) is 19.3 Å². The summed E-state index contributed by atoms with van der Waals surface area (Å²) in [6.07, 6.45) is 3.29. The molecule has 3 rings (SSSR count). The number of rotatable bonds is 3. The van der Waals surface area contributed by atoms with E-state index in [4.69, 9.17) is 10.7 Å². The zero-order chi connectivity index (χ0) is 14.5. The van der Waals surface area contributed by atoms with Gasteiger partial charge in [0.15, 0.2) is 0 Å². The lowest BCUT2D eigenvalue weighted by Gasteiger charge is -2.08. The number of hydrogen-bond acceptors (Lipinski definition) is 3. The number of carbonyl (C=O) groups is 1. The molecule has 1 amide bonds. The van der Waals surface area contributed by atoms with Crippen LogP contribution in [0.25, 0.3) is 0 Å². The van der Waals surface area contributed by atoms with Gasteiger partial charge in [-0.25, -0.2) is 12.8 Å². The molecule has 7 heteroatoms. The molecule has 1 aromatic rings. The highest BCUT2D eigenvalue weighted by Gasteiger charge is 2.56.